The Kier molecular flexibility index (Phi) is 5.62. The molecule has 1 aromatic rings. The smallest absolute Gasteiger partial charge is 0.0623 e. The number of allylic oxidation sites excluding steroid dienone is 1. The van der Waals surface area contributed by atoms with Crippen LogP contribution in [-0.4, -0.2) is 4.98 Å². The van der Waals surface area contributed by atoms with E-state index in [1.807, 2.05) is 32.0 Å². The average molecular weight is 161 g/mol. The molecule has 0 saturated carbocycles. The Morgan fingerprint density at radius 1 is 1.42 bits per heavy atom. The minimum Gasteiger partial charge on any atom is -0.257 e. The molecule has 1 rings (SSSR count). The molecular formula is C11H15N. The summed E-state index contributed by atoms with van der Waals surface area (Å²) in [6.07, 6.45) is 3.47. The molecule has 0 aliphatic heterocycles. The van der Waals surface area contributed by atoms with Gasteiger partial charge in [-0.1, -0.05) is 18.2 Å². The Morgan fingerprint density at radius 3 is 2.25 bits per heavy atom. The fraction of sp³-hybridized carbons (Fsp3) is 0.182. The van der Waals surface area contributed by atoms with Gasteiger partial charge in [-0.25, -0.2) is 0 Å². The third kappa shape index (κ3) is 6.75. The number of nitrogens with zero attached hydrogens (tertiary/aromatic N) is 1. The number of hydrogen-bond donors (Lipinski definition) is 0. The SMILES string of the molecule is C=C(C)C.C=Cc1ccccn1. The van der Waals surface area contributed by atoms with Crippen LogP contribution in [0, 0.1) is 0 Å². The van der Waals surface area contributed by atoms with Crippen molar-refractivity contribution in [3.8, 4) is 0 Å². The van der Waals surface area contributed by atoms with Gasteiger partial charge in [0.1, 0.15) is 0 Å². The highest BCUT2D eigenvalue weighted by Gasteiger charge is 1.77. The average Bonchev–Trinajstić information content (AvgIpc) is 2.05. The summed E-state index contributed by atoms with van der Waals surface area (Å²) in [6.45, 7) is 11.1. The zero-order valence-corrected chi connectivity index (χ0v) is 7.75. The van der Waals surface area contributed by atoms with Crippen molar-refractivity contribution in [1.29, 1.82) is 0 Å². The zero-order valence-electron chi connectivity index (χ0n) is 7.75. The maximum absolute atomic E-state index is 3.98. The molecule has 0 unspecified atom stereocenters. The van der Waals surface area contributed by atoms with Crippen LogP contribution in [0.5, 0.6) is 0 Å². The Morgan fingerprint density at radius 2 is 2.00 bits per heavy atom. The summed E-state index contributed by atoms with van der Waals surface area (Å²) in [5.74, 6) is 0. The summed E-state index contributed by atoms with van der Waals surface area (Å²) in [4.78, 5) is 3.98. The van der Waals surface area contributed by atoms with Crippen molar-refractivity contribution >= 4 is 6.08 Å². The molecule has 12 heavy (non-hydrogen) atoms. The van der Waals surface area contributed by atoms with Gasteiger partial charge in [-0.15, -0.1) is 6.58 Å². The minimum absolute atomic E-state index is 0.924. The van der Waals surface area contributed by atoms with Crippen LogP contribution in [0.3, 0.4) is 0 Å². The lowest BCUT2D eigenvalue weighted by molar-refractivity contribution is 1.30. The van der Waals surface area contributed by atoms with E-state index in [1.54, 1.807) is 12.3 Å². The highest BCUT2D eigenvalue weighted by molar-refractivity contribution is 5.40. The Balaban J connectivity index is 0.000000261. The molecule has 1 heteroatoms. The van der Waals surface area contributed by atoms with Crippen LogP contribution in [0.1, 0.15) is 19.5 Å². The maximum atomic E-state index is 3.98. The fourth-order valence-corrected chi connectivity index (χ4v) is 0.497. The number of rotatable bonds is 1. The van der Waals surface area contributed by atoms with Crippen molar-refractivity contribution in [2.75, 3.05) is 0 Å². The molecule has 0 radical (unpaired) electrons. The zero-order chi connectivity index (χ0) is 9.40. The van der Waals surface area contributed by atoms with E-state index in [0.717, 1.165) is 5.69 Å². The normalized spacial score (nSPS) is 7.83. The molecule has 0 fully saturated rings. The van der Waals surface area contributed by atoms with Crippen molar-refractivity contribution in [3.05, 3.63) is 48.8 Å². The summed E-state index contributed by atoms with van der Waals surface area (Å²) in [6, 6.07) is 5.73. The summed E-state index contributed by atoms with van der Waals surface area (Å²) >= 11 is 0. The van der Waals surface area contributed by atoms with Crippen molar-refractivity contribution in [1.82, 2.24) is 4.98 Å². The second-order valence-electron chi connectivity index (χ2n) is 2.67. The molecule has 1 aromatic heterocycles. The van der Waals surface area contributed by atoms with E-state index < -0.39 is 0 Å². The van der Waals surface area contributed by atoms with Gasteiger partial charge in [-0.2, -0.15) is 0 Å². The predicted octanol–water partition coefficient (Wildman–Crippen LogP) is 3.31. The highest BCUT2D eigenvalue weighted by Crippen LogP contribution is 1.91. The summed E-state index contributed by atoms with van der Waals surface area (Å²) in [5, 5.41) is 0. The van der Waals surface area contributed by atoms with Crippen molar-refractivity contribution in [2.45, 2.75) is 13.8 Å². The third-order valence-electron chi connectivity index (χ3n) is 0.897. The number of pyridine rings is 1. The van der Waals surface area contributed by atoms with Crippen LogP contribution in [-0.2, 0) is 0 Å². The van der Waals surface area contributed by atoms with Gasteiger partial charge >= 0.3 is 0 Å². The minimum atomic E-state index is 0.924. The standard InChI is InChI=1S/C7H7N.C4H8/c1-2-7-5-3-4-6-8-7;1-4(2)3/h2-6H,1H2;1H2,2-3H3. The van der Waals surface area contributed by atoms with Gasteiger partial charge in [-0.05, 0) is 32.1 Å². The first-order valence-electron chi connectivity index (χ1n) is 3.82. The topological polar surface area (TPSA) is 12.9 Å². The van der Waals surface area contributed by atoms with Crippen LogP contribution in [0.25, 0.3) is 6.08 Å². The largest absolute Gasteiger partial charge is 0.257 e. The van der Waals surface area contributed by atoms with Crippen LogP contribution >= 0.6 is 0 Å². The lowest BCUT2D eigenvalue weighted by Crippen LogP contribution is -1.73. The molecule has 1 heterocycles. The second kappa shape index (κ2) is 6.35. The summed E-state index contributed by atoms with van der Waals surface area (Å²) in [7, 11) is 0. The molecule has 0 atom stereocenters. The monoisotopic (exact) mass is 161 g/mol. The molecular weight excluding hydrogens is 146 g/mol. The molecule has 0 saturated heterocycles. The van der Waals surface area contributed by atoms with Crippen LogP contribution in [0.4, 0.5) is 0 Å². The van der Waals surface area contributed by atoms with E-state index in [2.05, 4.69) is 18.1 Å². The highest BCUT2D eigenvalue weighted by atomic mass is 14.6. The molecule has 0 bridgehead atoms. The summed E-state index contributed by atoms with van der Waals surface area (Å²) < 4.78 is 0. The van der Waals surface area contributed by atoms with Crippen molar-refractivity contribution < 1.29 is 0 Å². The molecule has 0 aliphatic rings. The van der Waals surface area contributed by atoms with E-state index in [4.69, 9.17) is 0 Å². The Hall–Kier alpha value is -1.37. The third-order valence-corrected chi connectivity index (χ3v) is 0.897. The van der Waals surface area contributed by atoms with Gasteiger partial charge in [0, 0.05) is 6.20 Å². The van der Waals surface area contributed by atoms with Gasteiger partial charge in [0.05, 0.1) is 5.69 Å². The lowest BCUT2D eigenvalue weighted by Gasteiger charge is -1.84. The molecule has 64 valence electrons. The number of hydrogen-bond acceptors (Lipinski definition) is 1. The quantitative estimate of drug-likeness (QED) is 0.576. The van der Waals surface area contributed by atoms with E-state index in [-0.39, 0.29) is 0 Å². The summed E-state index contributed by atoms with van der Waals surface area (Å²) in [5.41, 5.74) is 2.09. The number of aromatic nitrogens is 1. The van der Waals surface area contributed by atoms with E-state index in [1.165, 1.54) is 5.57 Å². The van der Waals surface area contributed by atoms with Gasteiger partial charge in [0.15, 0.2) is 0 Å². The first-order valence-corrected chi connectivity index (χ1v) is 3.82. The van der Waals surface area contributed by atoms with Crippen molar-refractivity contribution in [2.24, 2.45) is 0 Å². The van der Waals surface area contributed by atoms with Crippen LogP contribution in [0.2, 0.25) is 0 Å². The maximum Gasteiger partial charge on any atom is 0.0623 e. The van der Waals surface area contributed by atoms with Gasteiger partial charge in [-0.3, -0.25) is 4.98 Å². The Bertz CT molecular complexity index is 232. The van der Waals surface area contributed by atoms with Gasteiger partial charge in [0.2, 0.25) is 0 Å². The molecule has 0 aromatic carbocycles. The fourth-order valence-electron chi connectivity index (χ4n) is 0.497. The van der Waals surface area contributed by atoms with Gasteiger partial charge in [0.25, 0.3) is 0 Å². The van der Waals surface area contributed by atoms with Crippen LogP contribution < -0.4 is 0 Å². The molecule has 0 aliphatic carbocycles. The Labute approximate surface area is 74.5 Å². The van der Waals surface area contributed by atoms with E-state index in [9.17, 15) is 0 Å². The van der Waals surface area contributed by atoms with Gasteiger partial charge < -0.3 is 0 Å². The predicted molar refractivity (Wildman–Crippen MR) is 54.8 cm³/mol. The van der Waals surface area contributed by atoms with Crippen LogP contribution in [0.15, 0.2) is 43.1 Å². The van der Waals surface area contributed by atoms with Crippen molar-refractivity contribution in [3.63, 3.8) is 0 Å². The molecule has 0 N–H and O–H groups in total. The molecule has 0 spiro atoms. The molecule has 1 nitrogen and oxygen atoms in total. The molecule has 0 amide bonds. The first-order chi connectivity index (χ1) is 5.66. The van der Waals surface area contributed by atoms with E-state index in [0.29, 0.717) is 0 Å². The van der Waals surface area contributed by atoms with E-state index >= 15 is 0 Å². The first kappa shape index (κ1) is 10.6. The second-order valence-corrected chi connectivity index (χ2v) is 2.67. The lowest BCUT2D eigenvalue weighted by atomic mass is 10.4.